The molecule has 2 aromatic carbocycles. The molecule has 104 valence electrons. The van der Waals surface area contributed by atoms with Crippen molar-refractivity contribution in [2.24, 2.45) is 0 Å². The number of ether oxygens (including phenoxy) is 1. The van der Waals surface area contributed by atoms with Gasteiger partial charge in [0.05, 0.1) is 0 Å². The summed E-state index contributed by atoms with van der Waals surface area (Å²) in [6.07, 6.45) is -0.524. The van der Waals surface area contributed by atoms with Gasteiger partial charge >= 0.3 is 5.97 Å². The zero-order chi connectivity index (χ0) is 14.5. The molecule has 0 saturated heterocycles. The summed E-state index contributed by atoms with van der Waals surface area (Å²) in [5.74, 6) is -0.331. The summed E-state index contributed by atoms with van der Waals surface area (Å²) in [6.45, 7) is 3.89. The largest absolute Gasteiger partial charge is 0.478 e. The van der Waals surface area contributed by atoms with E-state index in [9.17, 15) is 9.90 Å². The molecule has 3 heteroatoms. The van der Waals surface area contributed by atoms with Crippen molar-refractivity contribution in [3.05, 3.63) is 65.2 Å². The van der Waals surface area contributed by atoms with Crippen molar-refractivity contribution in [2.45, 2.75) is 26.4 Å². The number of carboxylic acids is 1. The van der Waals surface area contributed by atoms with Gasteiger partial charge in [0.2, 0.25) is 0 Å². The van der Waals surface area contributed by atoms with Crippen LogP contribution in [-0.2, 0) is 11.2 Å². The maximum atomic E-state index is 11.4. The smallest absolute Gasteiger partial charge is 0.345 e. The number of carboxylic acid groups (broad SMARTS) is 1. The van der Waals surface area contributed by atoms with Crippen LogP contribution in [0, 0.1) is 13.8 Å². The minimum atomic E-state index is -0.949. The lowest BCUT2D eigenvalue weighted by atomic mass is 10.1. The van der Waals surface area contributed by atoms with Gasteiger partial charge in [0.15, 0.2) is 6.10 Å². The number of hydrogen-bond donors (Lipinski definition) is 1. The van der Waals surface area contributed by atoms with Crippen molar-refractivity contribution in [1.82, 2.24) is 0 Å². The Morgan fingerprint density at radius 2 is 1.90 bits per heavy atom. The molecule has 3 nitrogen and oxygen atoms in total. The van der Waals surface area contributed by atoms with Gasteiger partial charge in [-0.2, -0.15) is 0 Å². The number of rotatable bonds is 5. The monoisotopic (exact) mass is 270 g/mol. The predicted octanol–water partition coefficient (Wildman–Crippen LogP) is 3.38. The maximum absolute atomic E-state index is 11.4. The lowest BCUT2D eigenvalue weighted by Crippen LogP contribution is -2.29. The van der Waals surface area contributed by atoms with Gasteiger partial charge in [-0.3, -0.25) is 0 Å². The molecule has 1 atom stereocenters. The summed E-state index contributed by atoms with van der Waals surface area (Å²) >= 11 is 0. The average Bonchev–Trinajstić information content (AvgIpc) is 2.40. The predicted molar refractivity (Wildman–Crippen MR) is 78.1 cm³/mol. The lowest BCUT2D eigenvalue weighted by molar-refractivity contribution is -0.145. The van der Waals surface area contributed by atoms with E-state index in [2.05, 4.69) is 0 Å². The molecular weight excluding hydrogens is 252 g/mol. The molecule has 0 aliphatic carbocycles. The second-order valence-corrected chi connectivity index (χ2v) is 4.90. The standard InChI is InChI=1S/C17H18O3/c1-12-6-5-8-14(10-12)11-16(17(18)19)20-15-9-4-3-7-13(15)2/h3-10,16H,11H2,1-2H3,(H,18,19)/t16-/m1/s1. The topological polar surface area (TPSA) is 46.5 Å². The van der Waals surface area contributed by atoms with E-state index in [0.29, 0.717) is 12.2 Å². The summed E-state index contributed by atoms with van der Waals surface area (Å²) in [5.41, 5.74) is 3.01. The summed E-state index contributed by atoms with van der Waals surface area (Å²) in [6, 6.07) is 15.3. The van der Waals surface area contributed by atoms with E-state index in [1.165, 1.54) is 0 Å². The van der Waals surface area contributed by atoms with Crippen LogP contribution in [0.1, 0.15) is 16.7 Å². The Bertz CT molecular complexity index is 605. The van der Waals surface area contributed by atoms with Crippen molar-refractivity contribution >= 4 is 5.97 Å². The minimum Gasteiger partial charge on any atom is -0.478 e. The maximum Gasteiger partial charge on any atom is 0.345 e. The first-order valence-electron chi connectivity index (χ1n) is 6.57. The molecular formula is C17H18O3. The number of aliphatic carboxylic acids is 1. The van der Waals surface area contributed by atoms with Gasteiger partial charge in [-0.25, -0.2) is 4.79 Å². The third-order valence-corrected chi connectivity index (χ3v) is 3.14. The molecule has 0 spiro atoms. The van der Waals surface area contributed by atoms with E-state index < -0.39 is 12.1 Å². The first-order valence-corrected chi connectivity index (χ1v) is 6.57. The highest BCUT2D eigenvalue weighted by atomic mass is 16.5. The zero-order valence-electron chi connectivity index (χ0n) is 11.7. The summed E-state index contributed by atoms with van der Waals surface area (Å²) in [7, 11) is 0. The van der Waals surface area contributed by atoms with E-state index in [1.54, 1.807) is 6.07 Å². The Morgan fingerprint density at radius 3 is 2.55 bits per heavy atom. The van der Waals surface area contributed by atoms with Crippen molar-refractivity contribution in [3.63, 3.8) is 0 Å². The second-order valence-electron chi connectivity index (χ2n) is 4.90. The molecule has 0 unspecified atom stereocenters. The van der Waals surface area contributed by atoms with Crippen LogP contribution in [-0.4, -0.2) is 17.2 Å². The Morgan fingerprint density at radius 1 is 1.15 bits per heavy atom. The van der Waals surface area contributed by atoms with Gasteiger partial charge in [-0.05, 0) is 31.0 Å². The van der Waals surface area contributed by atoms with Crippen LogP contribution in [0.15, 0.2) is 48.5 Å². The zero-order valence-corrected chi connectivity index (χ0v) is 11.7. The Balaban J connectivity index is 2.16. The van der Waals surface area contributed by atoms with Crippen molar-refractivity contribution < 1.29 is 14.6 Å². The highest BCUT2D eigenvalue weighted by Gasteiger charge is 2.20. The van der Waals surface area contributed by atoms with Crippen LogP contribution in [0.25, 0.3) is 0 Å². The van der Waals surface area contributed by atoms with Gasteiger partial charge in [-0.15, -0.1) is 0 Å². The quantitative estimate of drug-likeness (QED) is 0.906. The molecule has 0 radical (unpaired) electrons. The molecule has 0 saturated carbocycles. The SMILES string of the molecule is Cc1cccc(C[C@@H](Oc2ccccc2C)C(=O)O)c1. The van der Waals surface area contributed by atoms with Crippen molar-refractivity contribution in [1.29, 1.82) is 0 Å². The number of para-hydroxylation sites is 1. The first-order chi connectivity index (χ1) is 9.56. The fourth-order valence-corrected chi connectivity index (χ4v) is 2.07. The fraction of sp³-hybridized carbons (Fsp3) is 0.235. The summed E-state index contributed by atoms with van der Waals surface area (Å²) < 4.78 is 5.65. The van der Waals surface area contributed by atoms with Crippen molar-refractivity contribution in [3.8, 4) is 5.75 Å². The molecule has 0 aromatic heterocycles. The van der Waals surface area contributed by atoms with Gasteiger partial charge in [0, 0.05) is 6.42 Å². The van der Waals surface area contributed by atoms with Crippen LogP contribution in [0.5, 0.6) is 5.75 Å². The molecule has 20 heavy (non-hydrogen) atoms. The highest BCUT2D eigenvalue weighted by Crippen LogP contribution is 2.19. The average molecular weight is 270 g/mol. The number of carbonyl (C=O) groups is 1. The molecule has 2 rings (SSSR count). The van der Waals surface area contributed by atoms with Gasteiger partial charge in [0.25, 0.3) is 0 Å². The van der Waals surface area contributed by atoms with Gasteiger partial charge < -0.3 is 9.84 Å². The van der Waals surface area contributed by atoms with Crippen LogP contribution in [0.4, 0.5) is 0 Å². The van der Waals surface area contributed by atoms with E-state index in [-0.39, 0.29) is 0 Å². The van der Waals surface area contributed by atoms with Crippen LogP contribution >= 0.6 is 0 Å². The Hall–Kier alpha value is -2.29. The first kappa shape index (κ1) is 14.1. The van der Waals surface area contributed by atoms with Crippen LogP contribution in [0.3, 0.4) is 0 Å². The molecule has 2 aromatic rings. The molecule has 0 fully saturated rings. The third kappa shape index (κ3) is 3.60. The number of hydrogen-bond acceptors (Lipinski definition) is 2. The molecule has 0 heterocycles. The molecule has 1 N–H and O–H groups in total. The lowest BCUT2D eigenvalue weighted by Gasteiger charge is -2.17. The Labute approximate surface area is 118 Å². The summed E-state index contributed by atoms with van der Waals surface area (Å²) in [4.78, 5) is 11.4. The van der Waals surface area contributed by atoms with E-state index >= 15 is 0 Å². The highest BCUT2D eigenvalue weighted by molar-refractivity contribution is 5.73. The molecule has 0 aliphatic heterocycles. The number of aryl methyl sites for hydroxylation is 2. The molecule has 0 aliphatic rings. The fourth-order valence-electron chi connectivity index (χ4n) is 2.07. The minimum absolute atomic E-state index is 0.353. The molecule has 0 amide bonds. The van der Waals surface area contributed by atoms with Crippen LogP contribution < -0.4 is 4.74 Å². The van der Waals surface area contributed by atoms with Gasteiger partial charge in [0.1, 0.15) is 5.75 Å². The van der Waals surface area contributed by atoms with Gasteiger partial charge in [-0.1, -0.05) is 48.0 Å². The third-order valence-electron chi connectivity index (χ3n) is 3.14. The molecule has 0 bridgehead atoms. The second kappa shape index (κ2) is 6.24. The summed E-state index contributed by atoms with van der Waals surface area (Å²) in [5, 5.41) is 9.33. The normalized spacial score (nSPS) is 11.9. The van der Waals surface area contributed by atoms with E-state index in [1.807, 2.05) is 56.3 Å². The Kier molecular flexibility index (Phi) is 4.41. The van der Waals surface area contributed by atoms with Crippen molar-refractivity contribution in [2.75, 3.05) is 0 Å². The van der Waals surface area contributed by atoms with E-state index in [0.717, 1.165) is 16.7 Å². The van der Waals surface area contributed by atoms with Crippen LogP contribution in [0.2, 0.25) is 0 Å². The number of benzene rings is 2. The van der Waals surface area contributed by atoms with E-state index in [4.69, 9.17) is 4.74 Å².